The van der Waals surface area contributed by atoms with Gasteiger partial charge in [0.05, 0.1) is 17.6 Å². The zero-order valence-corrected chi connectivity index (χ0v) is 23.7. The maximum absolute atomic E-state index is 13.5. The molecule has 39 heavy (non-hydrogen) atoms. The topological polar surface area (TPSA) is 151 Å². The van der Waals surface area contributed by atoms with Crippen LogP contribution in [0.4, 0.5) is 0 Å². The SMILES string of the molecule is CC(=O)O[C@H]1C=C([C@H](C)[C@H]2CC(C)=C(C)C(=O)O2)[C@@]2(C)CC[C@H]3[C@@H](C[C@@H](O)[C@@]4(O)C[C@@H](O)CC(=O)[C@]34C)[C@@]12O. The first kappa shape index (κ1) is 28.5. The lowest BCUT2D eigenvalue weighted by Crippen LogP contribution is -2.75. The zero-order chi connectivity index (χ0) is 28.9. The molecule has 3 fully saturated rings. The number of esters is 2. The highest BCUT2D eigenvalue weighted by Gasteiger charge is 2.75. The number of ether oxygens (including phenoxy) is 2. The van der Waals surface area contributed by atoms with Crippen LogP contribution in [0.3, 0.4) is 0 Å². The highest BCUT2D eigenvalue weighted by Crippen LogP contribution is 2.69. The van der Waals surface area contributed by atoms with Gasteiger partial charge in [-0.3, -0.25) is 9.59 Å². The fourth-order valence-electron chi connectivity index (χ4n) is 9.06. The molecular weight excluding hydrogens is 504 g/mol. The molecule has 4 N–H and O–H groups in total. The Kier molecular flexibility index (Phi) is 6.54. The summed E-state index contributed by atoms with van der Waals surface area (Å²) in [6.07, 6.45) is -0.940. The Balaban J connectivity index is 1.58. The number of hydrogen-bond acceptors (Lipinski definition) is 9. The fraction of sp³-hybridized carbons (Fsp3) is 0.767. The molecule has 5 aliphatic rings. The predicted molar refractivity (Wildman–Crippen MR) is 139 cm³/mol. The van der Waals surface area contributed by atoms with Crippen LogP contribution in [0.25, 0.3) is 0 Å². The molecule has 0 saturated heterocycles. The number of cyclic esters (lactones) is 1. The Morgan fingerprint density at radius 3 is 2.41 bits per heavy atom. The van der Waals surface area contributed by atoms with Crippen molar-refractivity contribution in [2.24, 2.45) is 28.6 Å². The van der Waals surface area contributed by atoms with E-state index in [0.29, 0.717) is 24.8 Å². The summed E-state index contributed by atoms with van der Waals surface area (Å²) in [5.74, 6) is -2.75. The van der Waals surface area contributed by atoms with E-state index in [9.17, 15) is 34.8 Å². The summed E-state index contributed by atoms with van der Waals surface area (Å²) in [4.78, 5) is 38.3. The summed E-state index contributed by atoms with van der Waals surface area (Å²) in [5, 5.41) is 46.2. The Bertz CT molecular complexity index is 1170. The third kappa shape index (κ3) is 3.62. The third-order valence-electron chi connectivity index (χ3n) is 11.6. The van der Waals surface area contributed by atoms with Crippen molar-refractivity contribution in [3.63, 3.8) is 0 Å². The summed E-state index contributed by atoms with van der Waals surface area (Å²) in [7, 11) is 0. The second-order valence-corrected chi connectivity index (χ2v) is 13.3. The molecule has 5 rings (SSSR count). The third-order valence-corrected chi connectivity index (χ3v) is 11.6. The molecule has 1 heterocycles. The first-order valence-electron chi connectivity index (χ1n) is 14.1. The minimum atomic E-state index is -1.83. The van der Waals surface area contributed by atoms with E-state index in [0.717, 1.165) is 11.1 Å². The number of Topliss-reactive ketones (excluding diaryl/α,β-unsaturated/α-hetero) is 1. The molecule has 0 unspecified atom stereocenters. The van der Waals surface area contributed by atoms with E-state index in [2.05, 4.69) is 0 Å². The normalized spacial score (nSPS) is 48.4. The van der Waals surface area contributed by atoms with Gasteiger partial charge in [0.1, 0.15) is 29.2 Å². The molecule has 3 saturated carbocycles. The Labute approximate surface area is 229 Å². The molecule has 0 amide bonds. The maximum Gasteiger partial charge on any atom is 0.333 e. The van der Waals surface area contributed by atoms with Crippen molar-refractivity contribution in [1.29, 1.82) is 0 Å². The molecule has 0 bridgehead atoms. The maximum atomic E-state index is 13.5. The number of ketones is 1. The van der Waals surface area contributed by atoms with E-state index in [-0.39, 0.29) is 36.9 Å². The Hall–Kier alpha value is -2.07. The lowest BCUT2D eigenvalue weighted by Gasteiger charge is -2.66. The summed E-state index contributed by atoms with van der Waals surface area (Å²) >= 11 is 0. The van der Waals surface area contributed by atoms with Gasteiger partial charge in [0.25, 0.3) is 0 Å². The largest absolute Gasteiger partial charge is 0.458 e. The van der Waals surface area contributed by atoms with Gasteiger partial charge in [0.15, 0.2) is 0 Å². The predicted octanol–water partition coefficient (Wildman–Crippen LogP) is 2.14. The van der Waals surface area contributed by atoms with Crippen LogP contribution in [0.5, 0.6) is 0 Å². The van der Waals surface area contributed by atoms with Crippen LogP contribution in [-0.2, 0) is 23.9 Å². The molecule has 0 spiro atoms. The molecule has 0 aromatic carbocycles. The minimum absolute atomic E-state index is 0.0183. The van der Waals surface area contributed by atoms with Gasteiger partial charge in [-0.05, 0) is 57.9 Å². The highest BCUT2D eigenvalue weighted by molar-refractivity contribution is 5.89. The van der Waals surface area contributed by atoms with Crippen LogP contribution >= 0.6 is 0 Å². The molecule has 4 aliphatic carbocycles. The zero-order valence-electron chi connectivity index (χ0n) is 23.7. The quantitative estimate of drug-likeness (QED) is 0.308. The van der Waals surface area contributed by atoms with Crippen molar-refractivity contribution in [2.45, 2.75) is 116 Å². The number of aliphatic hydroxyl groups excluding tert-OH is 2. The van der Waals surface area contributed by atoms with Gasteiger partial charge in [-0.15, -0.1) is 0 Å². The van der Waals surface area contributed by atoms with Crippen LogP contribution < -0.4 is 0 Å². The molecule has 11 atom stereocenters. The first-order valence-corrected chi connectivity index (χ1v) is 14.1. The van der Waals surface area contributed by atoms with Crippen LogP contribution in [-0.4, -0.2) is 73.8 Å². The van der Waals surface area contributed by atoms with Gasteiger partial charge in [-0.25, -0.2) is 4.79 Å². The first-order chi connectivity index (χ1) is 18.0. The van der Waals surface area contributed by atoms with Crippen molar-refractivity contribution in [1.82, 2.24) is 0 Å². The number of aliphatic hydroxyl groups is 4. The van der Waals surface area contributed by atoms with Crippen molar-refractivity contribution in [2.75, 3.05) is 0 Å². The van der Waals surface area contributed by atoms with Gasteiger partial charge < -0.3 is 29.9 Å². The van der Waals surface area contributed by atoms with Gasteiger partial charge in [0.2, 0.25) is 0 Å². The Morgan fingerprint density at radius 2 is 1.79 bits per heavy atom. The van der Waals surface area contributed by atoms with Gasteiger partial charge in [-0.2, -0.15) is 0 Å². The Morgan fingerprint density at radius 1 is 1.13 bits per heavy atom. The molecule has 0 radical (unpaired) electrons. The second kappa shape index (κ2) is 8.96. The summed E-state index contributed by atoms with van der Waals surface area (Å²) < 4.78 is 11.5. The van der Waals surface area contributed by atoms with E-state index in [1.54, 1.807) is 19.9 Å². The van der Waals surface area contributed by atoms with E-state index >= 15 is 0 Å². The average molecular weight is 547 g/mol. The van der Waals surface area contributed by atoms with E-state index < -0.39 is 64.3 Å². The van der Waals surface area contributed by atoms with Crippen molar-refractivity contribution >= 4 is 17.7 Å². The monoisotopic (exact) mass is 546 g/mol. The summed E-state index contributed by atoms with van der Waals surface area (Å²) in [5.41, 5.74) is -3.43. The second-order valence-electron chi connectivity index (χ2n) is 13.3. The lowest BCUT2D eigenvalue weighted by molar-refractivity contribution is -0.284. The average Bonchev–Trinajstić information content (AvgIpc) is 3.06. The smallest absolute Gasteiger partial charge is 0.333 e. The molecule has 0 aromatic heterocycles. The molecular formula is C30H42O9. The molecule has 9 nitrogen and oxygen atoms in total. The van der Waals surface area contributed by atoms with Crippen LogP contribution in [0.2, 0.25) is 0 Å². The van der Waals surface area contributed by atoms with Gasteiger partial charge in [0, 0.05) is 43.1 Å². The molecule has 1 aliphatic heterocycles. The van der Waals surface area contributed by atoms with Gasteiger partial charge in [-0.1, -0.05) is 25.0 Å². The van der Waals surface area contributed by atoms with Crippen molar-refractivity contribution in [3.05, 3.63) is 22.8 Å². The molecule has 9 heteroatoms. The number of rotatable bonds is 3. The van der Waals surface area contributed by atoms with Gasteiger partial charge >= 0.3 is 11.9 Å². The number of carbonyl (C=O) groups excluding carboxylic acids is 3. The molecule has 216 valence electrons. The van der Waals surface area contributed by atoms with Crippen molar-refractivity contribution in [3.8, 4) is 0 Å². The lowest BCUT2D eigenvalue weighted by atomic mass is 9.40. The van der Waals surface area contributed by atoms with Crippen LogP contribution in [0, 0.1) is 28.6 Å². The van der Waals surface area contributed by atoms with Crippen molar-refractivity contribution < 1.29 is 44.3 Å². The van der Waals surface area contributed by atoms with Crippen LogP contribution in [0.1, 0.15) is 80.1 Å². The number of carbonyl (C=O) groups is 3. The highest BCUT2D eigenvalue weighted by atomic mass is 16.6. The van der Waals surface area contributed by atoms with E-state index in [4.69, 9.17) is 9.47 Å². The minimum Gasteiger partial charge on any atom is -0.458 e. The number of hydrogen-bond donors (Lipinski definition) is 4. The standard InChI is InChI=1S/C30H42O9/c1-14-9-22(39-26(35)15(14)2)16(3)20-12-25(38-17(4)31)30(37)21-11-24(34)29(36)13-18(32)10-23(33)28(29,6)19(21)7-8-27(20,30)5/h12,16,18-19,21-22,24-25,32,34,36-37H,7-11,13H2,1-6H3/t16-,18-,19-,21+,22+,24+,25-,27+,28-,29-,30+/m0/s1. The summed E-state index contributed by atoms with van der Waals surface area (Å²) in [6, 6.07) is 0. The van der Waals surface area contributed by atoms with Crippen LogP contribution in [0.15, 0.2) is 22.8 Å². The molecule has 0 aromatic rings. The summed E-state index contributed by atoms with van der Waals surface area (Å²) in [6.45, 7) is 10.5. The van der Waals surface area contributed by atoms with E-state index in [1.807, 2.05) is 20.8 Å². The fourth-order valence-corrected chi connectivity index (χ4v) is 9.06. The van der Waals surface area contributed by atoms with E-state index in [1.165, 1.54) is 6.92 Å². The number of fused-ring (bicyclic) bond motifs is 5.